The number of aromatic nitrogens is 2. The molecule has 0 bridgehead atoms. The van der Waals surface area contributed by atoms with Crippen LogP contribution in [-0.2, 0) is 23.9 Å². The lowest BCUT2D eigenvalue weighted by atomic mass is 9.95. The molecule has 3 aromatic carbocycles. The molecule has 1 unspecified atom stereocenters. The molecule has 4 aromatic rings. The summed E-state index contributed by atoms with van der Waals surface area (Å²) in [5.41, 5.74) is 5.23. The summed E-state index contributed by atoms with van der Waals surface area (Å²) in [6.07, 6.45) is 0.631. The van der Waals surface area contributed by atoms with E-state index in [9.17, 15) is 23.2 Å². The number of nitrogens with zero attached hydrogens (tertiary/aromatic N) is 4. The molecule has 0 radical (unpaired) electrons. The Morgan fingerprint density at radius 1 is 1.11 bits per heavy atom. The van der Waals surface area contributed by atoms with Crippen LogP contribution in [0.3, 0.4) is 0 Å². The number of hydrogen-bond acceptors (Lipinski definition) is 5. The SMILES string of the molecule is CC[C@H](C)CCNN(C(=O)C(Cc1cccc(Cl)c1)c1cncn1Cc1ccc(C#N)cc1)C(=S)Nc1cccc(C(F)(F)F)c1. The molecule has 240 valence electrons. The van der Waals surface area contributed by atoms with Crippen LogP contribution in [0, 0.1) is 17.2 Å². The van der Waals surface area contributed by atoms with E-state index in [-0.39, 0.29) is 17.2 Å². The van der Waals surface area contributed by atoms with E-state index in [1.54, 1.807) is 42.9 Å². The lowest BCUT2D eigenvalue weighted by molar-refractivity contribution is -0.137. The Morgan fingerprint density at radius 3 is 2.52 bits per heavy atom. The Kier molecular flexibility index (Phi) is 11.9. The lowest BCUT2D eigenvalue weighted by Crippen LogP contribution is -2.51. The van der Waals surface area contributed by atoms with Crippen LogP contribution in [0.1, 0.15) is 60.6 Å². The van der Waals surface area contributed by atoms with Gasteiger partial charge in [-0.2, -0.15) is 18.4 Å². The van der Waals surface area contributed by atoms with Gasteiger partial charge in [-0.15, -0.1) is 0 Å². The molecule has 2 atom stereocenters. The normalized spacial score (nSPS) is 12.6. The van der Waals surface area contributed by atoms with Gasteiger partial charge in [0.1, 0.15) is 0 Å². The molecule has 1 amide bonds. The number of nitrogens with one attached hydrogen (secondary N) is 2. The van der Waals surface area contributed by atoms with Gasteiger partial charge in [0.25, 0.3) is 5.91 Å². The van der Waals surface area contributed by atoms with E-state index >= 15 is 0 Å². The molecule has 0 fully saturated rings. The van der Waals surface area contributed by atoms with Gasteiger partial charge in [0.15, 0.2) is 5.11 Å². The first-order valence-electron chi connectivity index (χ1n) is 14.8. The van der Waals surface area contributed by atoms with Crippen LogP contribution in [-0.4, -0.2) is 32.1 Å². The number of amides is 1. The molecule has 12 heteroatoms. The van der Waals surface area contributed by atoms with Gasteiger partial charge >= 0.3 is 6.18 Å². The van der Waals surface area contributed by atoms with Crippen molar-refractivity contribution in [2.45, 2.75) is 51.7 Å². The Morgan fingerprint density at radius 2 is 1.85 bits per heavy atom. The van der Waals surface area contributed by atoms with Crippen LogP contribution in [0.5, 0.6) is 0 Å². The van der Waals surface area contributed by atoms with Gasteiger partial charge in [-0.25, -0.2) is 15.4 Å². The molecule has 0 aliphatic rings. The third-order valence-electron chi connectivity index (χ3n) is 7.63. The number of anilines is 1. The fourth-order valence-corrected chi connectivity index (χ4v) is 5.32. The van der Waals surface area contributed by atoms with Gasteiger partial charge in [-0.3, -0.25) is 4.79 Å². The van der Waals surface area contributed by atoms with E-state index in [1.165, 1.54) is 17.1 Å². The molecular formula is C34H34ClF3N6OS. The van der Waals surface area contributed by atoms with Gasteiger partial charge < -0.3 is 9.88 Å². The molecule has 0 aliphatic heterocycles. The highest BCUT2D eigenvalue weighted by atomic mass is 35.5. The number of carbonyl (C=O) groups is 1. The first-order chi connectivity index (χ1) is 22.0. The minimum absolute atomic E-state index is 0.0947. The van der Waals surface area contributed by atoms with Gasteiger partial charge in [-0.1, -0.05) is 62.2 Å². The maximum absolute atomic E-state index is 14.6. The highest BCUT2D eigenvalue weighted by molar-refractivity contribution is 7.80. The van der Waals surface area contributed by atoms with Crippen LogP contribution in [0.25, 0.3) is 0 Å². The summed E-state index contributed by atoms with van der Waals surface area (Å²) in [6, 6.07) is 21.1. The maximum Gasteiger partial charge on any atom is 0.416 e. The van der Waals surface area contributed by atoms with E-state index in [1.807, 2.05) is 22.8 Å². The third kappa shape index (κ3) is 9.39. The monoisotopic (exact) mass is 666 g/mol. The molecule has 46 heavy (non-hydrogen) atoms. The average molecular weight is 667 g/mol. The fraction of sp³-hybridized carbons (Fsp3) is 0.294. The summed E-state index contributed by atoms with van der Waals surface area (Å²) in [5, 5.41) is 13.6. The second-order valence-corrected chi connectivity index (χ2v) is 11.9. The van der Waals surface area contributed by atoms with Crippen LogP contribution >= 0.6 is 23.8 Å². The number of thiocarbonyl (C=S) groups is 1. The lowest BCUT2D eigenvalue weighted by Gasteiger charge is -2.29. The van der Waals surface area contributed by atoms with Crippen LogP contribution in [0.15, 0.2) is 85.3 Å². The zero-order valence-corrected chi connectivity index (χ0v) is 27.0. The molecule has 0 saturated heterocycles. The Bertz CT molecular complexity index is 1690. The summed E-state index contributed by atoms with van der Waals surface area (Å²) in [4.78, 5) is 18.9. The summed E-state index contributed by atoms with van der Waals surface area (Å²) in [5.74, 6) is -0.863. The maximum atomic E-state index is 14.6. The van der Waals surface area contributed by atoms with Gasteiger partial charge in [-0.05, 0) is 84.6 Å². The summed E-state index contributed by atoms with van der Waals surface area (Å²) < 4.78 is 42.1. The quantitative estimate of drug-likeness (QED) is 0.118. The summed E-state index contributed by atoms with van der Waals surface area (Å²) >= 11 is 12.0. The highest BCUT2D eigenvalue weighted by Gasteiger charge is 2.33. The van der Waals surface area contributed by atoms with Gasteiger partial charge in [0, 0.05) is 30.0 Å². The van der Waals surface area contributed by atoms with Crippen molar-refractivity contribution in [2.75, 3.05) is 11.9 Å². The minimum Gasteiger partial charge on any atom is -0.331 e. The molecule has 7 nitrogen and oxygen atoms in total. The van der Waals surface area contributed by atoms with Gasteiger partial charge in [0.05, 0.1) is 35.1 Å². The summed E-state index contributed by atoms with van der Waals surface area (Å²) in [6.45, 7) is 4.95. The van der Waals surface area contributed by atoms with Crippen molar-refractivity contribution in [3.05, 3.63) is 118 Å². The van der Waals surface area contributed by atoms with Crippen molar-refractivity contribution < 1.29 is 18.0 Å². The smallest absolute Gasteiger partial charge is 0.331 e. The van der Waals surface area contributed by atoms with Crippen molar-refractivity contribution in [3.8, 4) is 6.07 Å². The standard InChI is InChI=1S/C34H34ClF3N6OS/c1-3-23(2)14-15-41-44(33(46)42-29-9-5-7-27(18-29)34(36,37)38)32(45)30(17-26-6-4-8-28(35)16-26)31-20-40-22-43(31)21-25-12-10-24(19-39)11-13-25/h4-13,16,18,20,22-23,30,41H,3,14-15,17,21H2,1-2H3,(H,42,46)/t23-,30?/m0/s1. The molecule has 2 N–H and O–H groups in total. The second-order valence-electron chi connectivity index (χ2n) is 11.0. The molecule has 0 saturated carbocycles. The van der Waals surface area contributed by atoms with Crippen molar-refractivity contribution in [1.29, 1.82) is 5.26 Å². The van der Waals surface area contributed by atoms with Gasteiger partial charge in [0.2, 0.25) is 0 Å². The van der Waals surface area contributed by atoms with E-state index in [4.69, 9.17) is 23.8 Å². The van der Waals surface area contributed by atoms with E-state index in [0.717, 1.165) is 36.1 Å². The number of hydrogen-bond donors (Lipinski definition) is 2. The molecule has 0 aliphatic carbocycles. The predicted molar refractivity (Wildman–Crippen MR) is 177 cm³/mol. The number of imidazole rings is 1. The highest BCUT2D eigenvalue weighted by Crippen LogP contribution is 2.31. The molecule has 0 spiro atoms. The number of nitriles is 1. The van der Waals surface area contributed by atoms with Crippen molar-refractivity contribution >= 4 is 40.5 Å². The predicted octanol–water partition coefficient (Wildman–Crippen LogP) is 7.97. The zero-order valence-electron chi connectivity index (χ0n) is 25.4. The van der Waals surface area contributed by atoms with E-state index < -0.39 is 23.6 Å². The average Bonchev–Trinajstić information content (AvgIpc) is 3.49. The van der Waals surface area contributed by atoms with Crippen molar-refractivity contribution in [2.24, 2.45) is 5.92 Å². The number of rotatable bonds is 12. The first-order valence-corrected chi connectivity index (χ1v) is 15.6. The third-order valence-corrected chi connectivity index (χ3v) is 8.15. The number of hydrazine groups is 1. The number of halogens is 4. The Hall–Kier alpha value is -4.24. The molecular weight excluding hydrogens is 633 g/mol. The Labute approximate surface area is 277 Å². The molecule has 4 rings (SSSR count). The van der Waals surface area contributed by atoms with Crippen LogP contribution in [0.4, 0.5) is 18.9 Å². The number of carbonyl (C=O) groups excluding carboxylic acids is 1. The van der Waals surface area contributed by atoms with Crippen molar-refractivity contribution in [1.82, 2.24) is 20.0 Å². The van der Waals surface area contributed by atoms with Crippen LogP contribution in [0.2, 0.25) is 5.02 Å². The first kappa shape index (κ1) is 34.6. The fourth-order valence-electron chi connectivity index (χ4n) is 4.84. The summed E-state index contributed by atoms with van der Waals surface area (Å²) in [7, 11) is 0. The Balaban J connectivity index is 1.70. The van der Waals surface area contributed by atoms with Crippen LogP contribution < -0.4 is 10.7 Å². The second kappa shape index (κ2) is 15.9. The van der Waals surface area contributed by atoms with E-state index in [0.29, 0.717) is 35.3 Å². The van der Waals surface area contributed by atoms with E-state index in [2.05, 4.69) is 35.6 Å². The molecule has 1 heterocycles. The number of benzene rings is 3. The topological polar surface area (TPSA) is 86.0 Å². The largest absolute Gasteiger partial charge is 0.416 e. The van der Waals surface area contributed by atoms with Crippen molar-refractivity contribution in [3.63, 3.8) is 0 Å². The number of alkyl halides is 3. The minimum atomic E-state index is -4.54. The molecule has 1 aromatic heterocycles. The zero-order chi connectivity index (χ0) is 33.3.